The Morgan fingerprint density at radius 1 is 1.16 bits per heavy atom. The summed E-state index contributed by atoms with van der Waals surface area (Å²) in [5, 5.41) is 25.4. The van der Waals surface area contributed by atoms with Crippen LogP contribution in [0, 0.1) is 0 Å². The number of carbonyl (C=O) groups is 2. The summed E-state index contributed by atoms with van der Waals surface area (Å²) in [6.07, 6.45) is -0.914. The van der Waals surface area contributed by atoms with Crippen molar-refractivity contribution in [3.8, 4) is 0 Å². The molecule has 0 saturated heterocycles. The summed E-state index contributed by atoms with van der Waals surface area (Å²) in [5.74, 6) is -2.20. The van der Waals surface area contributed by atoms with Crippen molar-refractivity contribution >= 4 is 17.9 Å². The Morgan fingerprint density at radius 3 is 1.84 bits per heavy atom. The molecule has 0 radical (unpaired) electrons. The summed E-state index contributed by atoms with van der Waals surface area (Å²) >= 11 is 0. The van der Waals surface area contributed by atoms with Crippen LogP contribution in [-0.2, 0) is 9.59 Å². The van der Waals surface area contributed by atoms with Crippen LogP contribution in [0.4, 0.5) is 0 Å². The van der Waals surface area contributed by atoms with Crippen LogP contribution in [-0.4, -0.2) is 78.0 Å². The molecule has 1 atom stereocenters. The Morgan fingerprint density at radius 2 is 1.63 bits per heavy atom. The minimum atomic E-state index is -1.04. The van der Waals surface area contributed by atoms with E-state index in [1.165, 1.54) is 0 Å². The van der Waals surface area contributed by atoms with Crippen molar-refractivity contribution in [2.45, 2.75) is 12.5 Å². The van der Waals surface area contributed by atoms with Crippen molar-refractivity contribution in [2.24, 2.45) is 16.5 Å². The molecule has 0 fully saturated rings. The van der Waals surface area contributed by atoms with E-state index in [9.17, 15) is 9.59 Å². The number of hydrogen-bond acceptors (Lipinski definition) is 4. The molecule has 0 aromatic heterocycles. The van der Waals surface area contributed by atoms with Crippen LogP contribution in [0.3, 0.4) is 0 Å². The Labute approximate surface area is 111 Å². The number of guanidine groups is 1. The molecular formula is C10H23N4O5+. The van der Waals surface area contributed by atoms with Crippen molar-refractivity contribution in [3.05, 3.63) is 0 Å². The number of quaternary nitrogens is 1. The summed E-state index contributed by atoms with van der Waals surface area (Å²) in [7, 11) is 5.72. The summed E-state index contributed by atoms with van der Waals surface area (Å²) in [4.78, 5) is 23.0. The molecule has 0 rings (SSSR count). The predicted molar refractivity (Wildman–Crippen MR) is 69.5 cm³/mol. The van der Waals surface area contributed by atoms with Gasteiger partial charge in [-0.2, -0.15) is 0 Å². The smallest absolute Gasteiger partial charge is 0.325 e. The van der Waals surface area contributed by atoms with E-state index in [1.807, 2.05) is 21.1 Å². The lowest BCUT2D eigenvalue weighted by atomic mass is 10.2. The summed E-state index contributed by atoms with van der Waals surface area (Å²) in [6.45, 7) is 0.106. The van der Waals surface area contributed by atoms with Gasteiger partial charge in [0.1, 0.15) is 19.2 Å². The van der Waals surface area contributed by atoms with Crippen molar-refractivity contribution in [1.29, 1.82) is 0 Å². The Kier molecular flexibility index (Phi) is 9.34. The predicted octanol–water partition coefficient (Wildman–Crippen LogP) is -2.13. The minimum absolute atomic E-state index is 0.171. The Bertz CT molecular complexity index is 320. The van der Waals surface area contributed by atoms with Crippen molar-refractivity contribution in [3.63, 3.8) is 0 Å². The molecule has 0 aromatic rings. The first-order valence-electron chi connectivity index (χ1n) is 5.41. The number of aliphatic hydroxyl groups is 1. The second-order valence-corrected chi connectivity index (χ2v) is 4.86. The minimum Gasteiger partial charge on any atom is -0.481 e. The Balaban J connectivity index is 0. The van der Waals surface area contributed by atoms with Gasteiger partial charge in [0.15, 0.2) is 5.96 Å². The van der Waals surface area contributed by atoms with Gasteiger partial charge in [0.2, 0.25) is 0 Å². The van der Waals surface area contributed by atoms with Crippen LogP contribution >= 0.6 is 0 Å². The van der Waals surface area contributed by atoms with Gasteiger partial charge in [0.05, 0.1) is 27.6 Å². The van der Waals surface area contributed by atoms with Gasteiger partial charge in [0.25, 0.3) is 0 Å². The molecule has 19 heavy (non-hydrogen) atoms. The van der Waals surface area contributed by atoms with Gasteiger partial charge in [0, 0.05) is 0 Å². The molecule has 0 saturated carbocycles. The lowest BCUT2D eigenvalue weighted by Crippen LogP contribution is -2.42. The fraction of sp³-hybridized carbons (Fsp3) is 0.700. The van der Waals surface area contributed by atoms with E-state index in [2.05, 4.69) is 4.99 Å². The summed E-state index contributed by atoms with van der Waals surface area (Å²) in [6, 6.07) is 0. The van der Waals surface area contributed by atoms with E-state index in [1.54, 1.807) is 0 Å². The number of aliphatic imine (C=N–C) groups is 1. The van der Waals surface area contributed by atoms with Gasteiger partial charge < -0.3 is 31.3 Å². The number of nitrogens with zero attached hydrogens (tertiary/aromatic N) is 2. The highest BCUT2D eigenvalue weighted by Crippen LogP contribution is 1.98. The molecule has 0 spiro atoms. The molecular weight excluding hydrogens is 256 g/mol. The van der Waals surface area contributed by atoms with Gasteiger partial charge in [-0.15, -0.1) is 0 Å². The molecule has 0 aliphatic heterocycles. The zero-order chi connectivity index (χ0) is 15.6. The number of likely N-dealkylation sites (N-methyl/N-ethyl adjacent to an activating group) is 1. The number of rotatable bonds is 6. The first kappa shape index (κ1) is 19.5. The van der Waals surface area contributed by atoms with E-state index >= 15 is 0 Å². The van der Waals surface area contributed by atoms with Gasteiger partial charge in [-0.3, -0.25) is 9.59 Å². The molecule has 0 aliphatic carbocycles. The van der Waals surface area contributed by atoms with Crippen LogP contribution in [0.1, 0.15) is 6.42 Å². The maximum absolute atomic E-state index is 10.1. The standard InChI is InChI=1S/C7H15NO3.C3H7N3O2/c1-8(2,3)5-6(9)4-7(10)11;4-3(5)6-1-2(7)8/h6,9H,4-5H2,1-3H3;1H2,(H,7,8)(H4,4,5,6)/p+1. The van der Waals surface area contributed by atoms with Crippen LogP contribution in [0.25, 0.3) is 0 Å². The fourth-order valence-electron chi connectivity index (χ4n) is 1.06. The maximum atomic E-state index is 10.1. The zero-order valence-corrected chi connectivity index (χ0v) is 11.4. The first-order chi connectivity index (χ1) is 8.44. The molecule has 0 heterocycles. The molecule has 1 unspecified atom stereocenters. The maximum Gasteiger partial charge on any atom is 0.325 e. The monoisotopic (exact) mass is 279 g/mol. The second kappa shape index (κ2) is 9.11. The highest BCUT2D eigenvalue weighted by molar-refractivity contribution is 5.79. The molecule has 0 aliphatic rings. The second-order valence-electron chi connectivity index (χ2n) is 4.86. The Hall–Kier alpha value is -1.87. The number of carboxylic acid groups (broad SMARTS) is 2. The van der Waals surface area contributed by atoms with Gasteiger partial charge in [-0.1, -0.05) is 0 Å². The van der Waals surface area contributed by atoms with Gasteiger partial charge in [-0.05, 0) is 0 Å². The average Bonchev–Trinajstić information content (AvgIpc) is 2.10. The van der Waals surface area contributed by atoms with E-state index < -0.39 is 18.0 Å². The highest BCUT2D eigenvalue weighted by Gasteiger charge is 2.17. The third-order valence-electron chi connectivity index (χ3n) is 1.57. The molecule has 0 bridgehead atoms. The molecule has 0 amide bonds. The first-order valence-corrected chi connectivity index (χ1v) is 5.41. The molecule has 9 heteroatoms. The number of carboxylic acids is 2. The van der Waals surface area contributed by atoms with Gasteiger partial charge in [-0.25, -0.2) is 4.99 Å². The fourth-order valence-corrected chi connectivity index (χ4v) is 1.06. The zero-order valence-electron chi connectivity index (χ0n) is 11.4. The number of hydrogen-bond donors (Lipinski definition) is 5. The molecule has 112 valence electrons. The average molecular weight is 279 g/mol. The molecule has 7 N–H and O–H groups in total. The third kappa shape index (κ3) is 21.9. The molecule has 0 aromatic carbocycles. The SMILES string of the molecule is C[N+](C)(C)CC(O)CC(=O)O.NC(N)=NCC(=O)O. The van der Waals surface area contributed by atoms with E-state index in [0.717, 1.165) is 0 Å². The van der Waals surface area contributed by atoms with Crippen LogP contribution in [0.15, 0.2) is 4.99 Å². The van der Waals surface area contributed by atoms with Crippen molar-refractivity contribution < 1.29 is 29.4 Å². The van der Waals surface area contributed by atoms with Crippen LogP contribution < -0.4 is 11.5 Å². The van der Waals surface area contributed by atoms with Gasteiger partial charge >= 0.3 is 11.9 Å². The normalized spacial score (nSPS) is 11.8. The third-order valence-corrected chi connectivity index (χ3v) is 1.57. The van der Waals surface area contributed by atoms with Crippen LogP contribution in [0.5, 0.6) is 0 Å². The lowest BCUT2D eigenvalue weighted by Gasteiger charge is -2.25. The summed E-state index contributed by atoms with van der Waals surface area (Å²) in [5.41, 5.74) is 9.61. The lowest BCUT2D eigenvalue weighted by molar-refractivity contribution is -0.873. The largest absolute Gasteiger partial charge is 0.481 e. The van der Waals surface area contributed by atoms with Crippen molar-refractivity contribution in [1.82, 2.24) is 0 Å². The van der Waals surface area contributed by atoms with Crippen molar-refractivity contribution in [2.75, 3.05) is 34.2 Å². The van der Waals surface area contributed by atoms with Crippen LogP contribution in [0.2, 0.25) is 0 Å². The van der Waals surface area contributed by atoms with E-state index in [4.69, 9.17) is 26.8 Å². The number of nitrogens with two attached hydrogens (primary N) is 2. The summed E-state index contributed by atoms with van der Waals surface area (Å²) < 4.78 is 0.578. The van der Waals surface area contributed by atoms with E-state index in [-0.39, 0.29) is 18.9 Å². The number of aliphatic hydroxyl groups excluding tert-OH is 1. The topological polar surface area (TPSA) is 159 Å². The number of aliphatic carboxylic acids is 2. The molecule has 9 nitrogen and oxygen atoms in total. The highest BCUT2D eigenvalue weighted by atomic mass is 16.4. The van der Waals surface area contributed by atoms with E-state index in [0.29, 0.717) is 11.0 Å². The quantitative estimate of drug-likeness (QED) is 0.211.